The number of aliphatic hydroxyl groups is 1. The number of nitrogens with zero attached hydrogens (tertiary/aromatic N) is 1. The lowest BCUT2D eigenvalue weighted by Gasteiger charge is -2.09. The summed E-state index contributed by atoms with van der Waals surface area (Å²) in [5.41, 5.74) is 2.73. The molecule has 0 unspecified atom stereocenters. The number of hydrogen-bond donors (Lipinski definition) is 2. The zero-order valence-corrected chi connectivity index (χ0v) is 13.6. The SMILES string of the molecule is Cc1ccc(CO)cc1NC(=O)c1nc(-c2ccco2)sc1C. The van der Waals surface area contributed by atoms with Crippen LogP contribution in [0.2, 0.25) is 0 Å². The van der Waals surface area contributed by atoms with E-state index in [1.807, 2.05) is 32.0 Å². The smallest absolute Gasteiger partial charge is 0.275 e. The van der Waals surface area contributed by atoms with E-state index in [-0.39, 0.29) is 12.5 Å². The van der Waals surface area contributed by atoms with Crippen LogP contribution in [0.5, 0.6) is 0 Å². The molecule has 0 saturated heterocycles. The number of carbonyl (C=O) groups excluding carboxylic acids is 1. The van der Waals surface area contributed by atoms with Gasteiger partial charge in [0.2, 0.25) is 0 Å². The fraction of sp³-hybridized carbons (Fsp3) is 0.176. The highest BCUT2D eigenvalue weighted by molar-refractivity contribution is 7.15. The third-order valence-electron chi connectivity index (χ3n) is 3.48. The van der Waals surface area contributed by atoms with Crippen LogP contribution in [0.15, 0.2) is 41.0 Å². The van der Waals surface area contributed by atoms with Gasteiger partial charge in [-0.2, -0.15) is 0 Å². The van der Waals surface area contributed by atoms with Gasteiger partial charge >= 0.3 is 0 Å². The fourth-order valence-electron chi connectivity index (χ4n) is 2.20. The van der Waals surface area contributed by atoms with Gasteiger partial charge in [-0.05, 0) is 43.2 Å². The summed E-state index contributed by atoms with van der Waals surface area (Å²) in [5, 5.41) is 12.8. The molecule has 0 spiro atoms. The Kier molecular flexibility index (Phi) is 4.27. The molecule has 1 amide bonds. The van der Waals surface area contributed by atoms with Gasteiger partial charge in [-0.15, -0.1) is 11.3 Å². The Labute approximate surface area is 137 Å². The first-order chi connectivity index (χ1) is 11.1. The van der Waals surface area contributed by atoms with E-state index in [0.29, 0.717) is 22.1 Å². The Bertz CT molecular complexity index is 838. The molecule has 0 fully saturated rings. The zero-order valence-electron chi connectivity index (χ0n) is 12.8. The molecule has 23 heavy (non-hydrogen) atoms. The van der Waals surface area contributed by atoms with Crippen molar-refractivity contribution in [2.45, 2.75) is 20.5 Å². The molecule has 0 radical (unpaired) electrons. The minimum atomic E-state index is -0.269. The molecule has 2 aromatic heterocycles. The lowest BCUT2D eigenvalue weighted by Crippen LogP contribution is -2.14. The summed E-state index contributed by atoms with van der Waals surface area (Å²) in [6.45, 7) is 3.69. The number of anilines is 1. The molecule has 2 heterocycles. The molecule has 6 heteroatoms. The summed E-state index contributed by atoms with van der Waals surface area (Å²) < 4.78 is 5.32. The van der Waals surface area contributed by atoms with E-state index < -0.39 is 0 Å². The Morgan fingerprint density at radius 1 is 1.35 bits per heavy atom. The Morgan fingerprint density at radius 2 is 2.17 bits per heavy atom. The maximum absolute atomic E-state index is 12.5. The lowest BCUT2D eigenvalue weighted by atomic mass is 10.1. The summed E-state index contributed by atoms with van der Waals surface area (Å²) in [5.74, 6) is 0.380. The predicted octanol–water partition coefficient (Wildman–Crippen LogP) is 3.76. The molecule has 0 atom stereocenters. The quantitative estimate of drug-likeness (QED) is 0.764. The maximum Gasteiger partial charge on any atom is 0.275 e. The largest absolute Gasteiger partial charge is 0.462 e. The molecule has 3 rings (SSSR count). The van der Waals surface area contributed by atoms with Crippen molar-refractivity contribution in [3.8, 4) is 10.8 Å². The van der Waals surface area contributed by atoms with Gasteiger partial charge in [0.1, 0.15) is 5.69 Å². The molecule has 5 nitrogen and oxygen atoms in total. The molecular formula is C17H16N2O3S. The van der Waals surface area contributed by atoms with Gasteiger partial charge in [-0.25, -0.2) is 4.98 Å². The van der Waals surface area contributed by atoms with Gasteiger partial charge < -0.3 is 14.8 Å². The molecular weight excluding hydrogens is 312 g/mol. The standard InChI is InChI=1S/C17H16N2O3S/c1-10-5-6-12(9-20)8-13(10)18-16(21)15-11(2)23-17(19-15)14-4-3-7-22-14/h3-8,20H,9H2,1-2H3,(H,18,21). The van der Waals surface area contributed by atoms with Crippen LogP contribution < -0.4 is 5.32 Å². The first kappa shape index (κ1) is 15.5. The normalized spacial score (nSPS) is 10.7. The van der Waals surface area contributed by atoms with Crippen molar-refractivity contribution < 1.29 is 14.3 Å². The van der Waals surface area contributed by atoms with Gasteiger partial charge in [-0.3, -0.25) is 4.79 Å². The summed E-state index contributed by atoms with van der Waals surface area (Å²) in [6.07, 6.45) is 1.58. The lowest BCUT2D eigenvalue weighted by molar-refractivity contribution is 0.102. The van der Waals surface area contributed by atoms with Crippen LogP contribution in [-0.2, 0) is 6.61 Å². The number of carbonyl (C=O) groups is 1. The average Bonchev–Trinajstić information content (AvgIpc) is 3.18. The second-order valence-electron chi connectivity index (χ2n) is 5.16. The van der Waals surface area contributed by atoms with Crippen LogP contribution in [0.3, 0.4) is 0 Å². The van der Waals surface area contributed by atoms with Gasteiger partial charge in [0.05, 0.1) is 12.9 Å². The highest BCUT2D eigenvalue weighted by Crippen LogP contribution is 2.28. The third kappa shape index (κ3) is 3.18. The van der Waals surface area contributed by atoms with Crippen molar-refractivity contribution in [2.24, 2.45) is 0 Å². The zero-order chi connectivity index (χ0) is 16.4. The van der Waals surface area contributed by atoms with E-state index in [2.05, 4.69) is 10.3 Å². The number of furan rings is 1. The van der Waals surface area contributed by atoms with E-state index in [1.165, 1.54) is 11.3 Å². The van der Waals surface area contributed by atoms with E-state index >= 15 is 0 Å². The van der Waals surface area contributed by atoms with Gasteiger partial charge in [0, 0.05) is 10.6 Å². The summed E-state index contributed by atoms with van der Waals surface area (Å²) in [7, 11) is 0. The third-order valence-corrected chi connectivity index (χ3v) is 4.46. The van der Waals surface area contributed by atoms with Gasteiger partial charge in [-0.1, -0.05) is 12.1 Å². The molecule has 0 aliphatic rings. The van der Waals surface area contributed by atoms with Gasteiger partial charge in [0.15, 0.2) is 10.8 Å². The van der Waals surface area contributed by atoms with Crippen molar-refractivity contribution in [1.82, 2.24) is 4.98 Å². The number of aryl methyl sites for hydroxylation is 2. The Hall–Kier alpha value is -2.44. The summed E-state index contributed by atoms with van der Waals surface area (Å²) in [4.78, 5) is 17.7. The number of thiazole rings is 1. The number of nitrogens with one attached hydrogen (secondary N) is 1. The molecule has 0 aliphatic carbocycles. The van der Waals surface area contributed by atoms with Crippen molar-refractivity contribution in [3.63, 3.8) is 0 Å². The number of hydrogen-bond acceptors (Lipinski definition) is 5. The van der Waals surface area contributed by atoms with Crippen LogP contribution in [-0.4, -0.2) is 16.0 Å². The van der Waals surface area contributed by atoms with E-state index in [1.54, 1.807) is 18.4 Å². The van der Waals surface area contributed by atoms with E-state index in [0.717, 1.165) is 16.0 Å². The van der Waals surface area contributed by atoms with Crippen LogP contribution in [0.25, 0.3) is 10.8 Å². The Balaban J connectivity index is 1.87. The van der Waals surface area contributed by atoms with Crippen LogP contribution >= 0.6 is 11.3 Å². The maximum atomic E-state index is 12.5. The van der Waals surface area contributed by atoms with Crippen molar-refractivity contribution >= 4 is 22.9 Å². The number of aromatic nitrogens is 1. The first-order valence-electron chi connectivity index (χ1n) is 7.11. The molecule has 0 bridgehead atoms. The molecule has 0 aliphatic heterocycles. The van der Waals surface area contributed by atoms with Crippen LogP contribution in [0.1, 0.15) is 26.5 Å². The molecule has 118 valence electrons. The van der Waals surface area contributed by atoms with Crippen molar-refractivity contribution in [3.05, 3.63) is 58.3 Å². The Morgan fingerprint density at radius 3 is 2.87 bits per heavy atom. The van der Waals surface area contributed by atoms with E-state index in [4.69, 9.17) is 4.42 Å². The number of amides is 1. The fourth-order valence-corrected chi connectivity index (χ4v) is 3.08. The van der Waals surface area contributed by atoms with Crippen LogP contribution in [0.4, 0.5) is 5.69 Å². The molecule has 3 aromatic rings. The molecule has 2 N–H and O–H groups in total. The number of aliphatic hydroxyl groups excluding tert-OH is 1. The predicted molar refractivity (Wildman–Crippen MR) is 89.6 cm³/mol. The second-order valence-corrected chi connectivity index (χ2v) is 6.37. The molecule has 0 saturated carbocycles. The number of benzene rings is 1. The highest BCUT2D eigenvalue weighted by Gasteiger charge is 2.18. The monoisotopic (exact) mass is 328 g/mol. The second kappa shape index (κ2) is 6.36. The highest BCUT2D eigenvalue weighted by atomic mass is 32.1. The van der Waals surface area contributed by atoms with Crippen molar-refractivity contribution in [1.29, 1.82) is 0 Å². The van der Waals surface area contributed by atoms with Gasteiger partial charge in [0.25, 0.3) is 5.91 Å². The first-order valence-corrected chi connectivity index (χ1v) is 7.93. The van der Waals surface area contributed by atoms with E-state index in [9.17, 15) is 9.90 Å². The topological polar surface area (TPSA) is 75.4 Å². The number of rotatable bonds is 4. The minimum Gasteiger partial charge on any atom is -0.462 e. The summed E-state index contributed by atoms with van der Waals surface area (Å²) >= 11 is 1.42. The average molecular weight is 328 g/mol. The molecule has 1 aromatic carbocycles. The summed E-state index contributed by atoms with van der Waals surface area (Å²) in [6, 6.07) is 9.06. The minimum absolute atomic E-state index is 0.0679. The van der Waals surface area contributed by atoms with Crippen LogP contribution in [0, 0.1) is 13.8 Å². The van der Waals surface area contributed by atoms with Crippen molar-refractivity contribution in [2.75, 3.05) is 5.32 Å².